The van der Waals surface area contributed by atoms with E-state index in [-0.39, 0.29) is 6.61 Å². The van der Waals surface area contributed by atoms with E-state index in [1.165, 1.54) is 13.8 Å². The van der Waals surface area contributed by atoms with Crippen molar-refractivity contribution >= 4 is 5.97 Å². The van der Waals surface area contributed by atoms with Gasteiger partial charge in [0.25, 0.3) is 0 Å². The average molecular weight is 329 g/mol. The molecule has 5 nitrogen and oxygen atoms in total. The molecule has 0 atom stereocenters. The van der Waals surface area contributed by atoms with Gasteiger partial charge >= 0.3 is 5.97 Å². The molecule has 0 unspecified atom stereocenters. The van der Waals surface area contributed by atoms with Crippen molar-refractivity contribution in [3.63, 3.8) is 0 Å². The quantitative estimate of drug-likeness (QED) is 0.804. The van der Waals surface area contributed by atoms with Crippen LogP contribution in [0, 0.1) is 0 Å². The number of carboxylic acid groups (broad SMARTS) is 1. The zero-order valence-corrected chi connectivity index (χ0v) is 13.8. The van der Waals surface area contributed by atoms with E-state index in [1.807, 2.05) is 18.2 Å². The number of carboxylic acids is 1. The zero-order chi connectivity index (χ0) is 17.6. The average Bonchev–Trinajstić information content (AvgIpc) is 2.56. The van der Waals surface area contributed by atoms with E-state index in [0.29, 0.717) is 30.1 Å². The molecule has 2 rings (SSSR count). The molecule has 0 aromatic heterocycles. The van der Waals surface area contributed by atoms with Crippen LogP contribution in [-0.2, 0) is 22.9 Å². The molecule has 0 heterocycles. The molecule has 0 amide bonds. The van der Waals surface area contributed by atoms with Crippen molar-refractivity contribution in [1.82, 2.24) is 0 Å². The van der Waals surface area contributed by atoms with Crippen LogP contribution in [0.1, 0.15) is 25.0 Å². The van der Waals surface area contributed by atoms with E-state index in [4.69, 9.17) is 14.6 Å². The number of hydrogen-bond donors (Lipinski definition) is 1. The maximum atomic E-state index is 11.1. The summed E-state index contributed by atoms with van der Waals surface area (Å²) in [6.45, 7) is 3.24. The van der Waals surface area contributed by atoms with Crippen molar-refractivity contribution in [3.05, 3.63) is 59.7 Å². The van der Waals surface area contributed by atoms with Crippen LogP contribution in [-0.4, -0.2) is 23.3 Å². The number of benzene rings is 2. The largest absolute Gasteiger partial charge is 0.493 e. The minimum absolute atomic E-state index is 0.259. The van der Waals surface area contributed by atoms with Crippen LogP contribution in [0.3, 0.4) is 0 Å². The molecular weight excluding hydrogens is 308 g/mol. The smallest absolute Gasteiger partial charge is 0.347 e. The second-order valence-electron chi connectivity index (χ2n) is 5.95. The molecule has 0 aliphatic carbocycles. The van der Waals surface area contributed by atoms with E-state index in [0.717, 1.165) is 5.56 Å². The molecule has 1 radical (unpaired) electrons. The lowest BCUT2D eigenvalue weighted by atomic mass is 10.1. The van der Waals surface area contributed by atoms with E-state index in [1.54, 1.807) is 30.3 Å². The monoisotopic (exact) mass is 329 g/mol. The van der Waals surface area contributed by atoms with E-state index < -0.39 is 11.6 Å². The van der Waals surface area contributed by atoms with Gasteiger partial charge < -0.3 is 14.6 Å². The van der Waals surface area contributed by atoms with Gasteiger partial charge in [-0.05, 0) is 49.2 Å². The fourth-order valence-corrected chi connectivity index (χ4v) is 2.07. The molecule has 0 spiro atoms. The molecule has 5 heteroatoms. The van der Waals surface area contributed by atoms with Crippen LogP contribution in [0.5, 0.6) is 11.5 Å². The highest BCUT2D eigenvalue weighted by Crippen LogP contribution is 2.20. The predicted octanol–water partition coefficient (Wildman–Crippen LogP) is 3.48. The molecule has 0 bridgehead atoms. The van der Waals surface area contributed by atoms with Crippen LogP contribution >= 0.6 is 0 Å². The Balaban J connectivity index is 1.86. The highest BCUT2D eigenvalue weighted by molar-refractivity contribution is 5.76. The third kappa shape index (κ3) is 4.99. The summed E-state index contributed by atoms with van der Waals surface area (Å²) in [4.78, 5) is 11.1. The van der Waals surface area contributed by atoms with Crippen molar-refractivity contribution in [2.75, 3.05) is 6.61 Å². The first-order chi connectivity index (χ1) is 11.4. The van der Waals surface area contributed by atoms with Crippen molar-refractivity contribution < 1.29 is 24.5 Å². The molecule has 0 saturated heterocycles. The lowest BCUT2D eigenvalue weighted by molar-refractivity contribution is -0.152. The summed E-state index contributed by atoms with van der Waals surface area (Å²) in [6, 6.07) is 14.4. The summed E-state index contributed by atoms with van der Waals surface area (Å²) < 4.78 is 11.1. The fraction of sp³-hybridized carbons (Fsp3) is 0.316. The highest BCUT2D eigenvalue weighted by Gasteiger charge is 2.29. The minimum Gasteiger partial charge on any atom is -0.493 e. The molecule has 0 aliphatic heterocycles. The van der Waals surface area contributed by atoms with Gasteiger partial charge in [-0.2, -0.15) is 0 Å². The highest BCUT2D eigenvalue weighted by atomic mass is 16.5. The van der Waals surface area contributed by atoms with E-state index in [9.17, 15) is 9.90 Å². The summed E-state index contributed by atoms with van der Waals surface area (Å²) in [7, 11) is 0. The Morgan fingerprint density at radius 3 is 2.38 bits per heavy atom. The molecule has 0 saturated carbocycles. The van der Waals surface area contributed by atoms with Crippen molar-refractivity contribution in [2.45, 2.75) is 32.5 Å². The van der Waals surface area contributed by atoms with Gasteiger partial charge in [0.1, 0.15) is 18.1 Å². The second kappa shape index (κ2) is 7.84. The Bertz CT molecular complexity index is 676. The van der Waals surface area contributed by atoms with Gasteiger partial charge in [0.2, 0.25) is 0 Å². The maximum Gasteiger partial charge on any atom is 0.347 e. The van der Waals surface area contributed by atoms with Crippen LogP contribution in [0.4, 0.5) is 0 Å². The Morgan fingerprint density at radius 2 is 1.75 bits per heavy atom. The fourth-order valence-electron chi connectivity index (χ4n) is 2.07. The second-order valence-corrected chi connectivity index (χ2v) is 5.95. The van der Waals surface area contributed by atoms with E-state index >= 15 is 0 Å². The molecule has 2 aromatic carbocycles. The van der Waals surface area contributed by atoms with Crippen LogP contribution < -0.4 is 9.47 Å². The summed E-state index contributed by atoms with van der Waals surface area (Å²) in [5.41, 5.74) is 0.488. The van der Waals surface area contributed by atoms with E-state index in [2.05, 4.69) is 0 Å². The number of ether oxygens (including phenoxy) is 2. The molecule has 0 aliphatic rings. The van der Waals surface area contributed by atoms with Gasteiger partial charge in [0.15, 0.2) is 5.60 Å². The first-order valence-electron chi connectivity index (χ1n) is 7.72. The Labute approximate surface area is 141 Å². The predicted molar refractivity (Wildman–Crippen MR) is 88.8 cm³/mol. The first kappa shape index (κ1) is 17.8. The van der Waals surface area contributed by atoms with Crippen molar-refractivity contribution in [3.8, 4) is 11.5 Å². The van der Waals surface area contributed by atoms with Crippen molar-refractivity contribution in [1.29, 1.82) is 0 Å². The van der Waals surface area contributed by atoms with Gasteiger partial charge in [-0.3, -0.25) is 0 Å². The molecule has 2 aromatic rings. The van der Waals surface area contributed by atoms with Gasteiger partial charge in [0.05, 0.1) is 6.61 Å². The molecule has 1 N–H and O–H groups in total. The van der Waals surface area contributed by atoms with Gasteiger partial charge in [-0.15, -0.1) is 0 Å². The van der Waals surface area contributed by atoms with Gasteiger partial charge in [-0.1, -0.05) is 24.3 Å². The maximum absolute atomic E-state index is 11.1. The summed E-state index contributed by atoms with van der Waals surface area (Å²) in [5, 5.41) is 19.9. The number of hydrogen-bond acceptors (Lipinski definition) is 3. The standard InChI is InChI=1S/C19H21O5/c1-19(2,18(21)22)24-16-8-6-14(7-9-16)10-11-23-17-5-3-4-15(12-17)13-20/h3-9,12H,10-11,13H2,1-2H3,(H,21,22). The topological polar surface area (TPSA) is 75.7 Å². The SMILES string of the molecule is CC(C)(Oc1ccc(CCOc2cccc(C[O])c2)cc1)C(=O)O. The van der Waals surface area contributed by atoms with Crippen LogP contribution in [0.15, 0.2) is 48.5 Å². The third-order valence-corrected chi connectivity index (χ3v) is 3.54. The Morgan fingerprint density at radius 1 is 1.04 bits per heavy atom. The molecule has 24 heavy (non-hydrogen) atoms. The minimum atomic E-state index is -1.27. The van der Waals surface area contributed by atoms with Gasteiger partial charge in [0, 0.05) is 6.42 Å². The molecule has 127 valence electrons. The number of rotatable bonds is 8. The summed E-state index contributed by atoms with van der Waals surface area (Å²) in [5.74, 6) is 0.182. The Kier molecular flexibility index (Phi) is 5.82. The van der Waals surface area contributed by atoms with Crippen LogP contribution in [0.2, 0.25) is 0 Å². The normalized spacial score (nSPS) is 11.1. The van der Waals surface area contributed by atoms with Crippen LogP contribution in [0.25, 0.3) is 0 Å². The number of carbonyl (C=O) groups is 1. The Hall–Kier alpha value is -2.53. The molecular formula is C19H21O5. The zero-order valence-electron chi connectivity index (χ0n) is 13.8. The lowest BCUT2D eigenvalue weighted by Gasteiger charge is -2.21. The molecule has 0 fully saturated rings. The lowest BCUT2D eigenvalue weighted by Crippen LogP contribution is -2.37. The number of aliphatic carboxylic acids is 1. The van der Waals surface area contributed by atoms with Crippen molar-refractivity contribution in [2.24, 2.45) is 0 Å². The first-order valence-corrected chi connectivity index (χ1v) is 7.72. The summed E-state index contributed by atoms with van der Waals surface area (Å²) >= 11 is 0. The third-order valence-electron chi connectivity index (χ3n) is 3.54. The summed E-state index contributed by atoms with van der Waals surface area (Å²) in [6.07, 6.45) is 0.699. The van der Waals surface area contributed by atoms with Gasteiger partial charge in [-0.25, -0.2) is 9.90 Å².